The summed E-state index contributed by atoms with van der Waals surface area (Å²) < 4.78 is 28.2. The molecule has 7 heteroatoms. The van der Waals surface area contributed by atoms with Gasteiger partial charge in [0.15, 0.2) is 9.84 Å². The number of hydrogen-bond acceptors (Lipinski definition) is 5. The first kappa shape index (κ1) is 16.2. The van der Waals surface area contributed by atoms with E-state index in [-0.39, 0.29) is 6.61 Å². The van der Waals surface area contributed by atoms with Crippen LogP contribution in [-0.4, -0.2) is 43.6 Å². The predicted molar refractivity (Wildman–Crippen MR) is 72.1 cm³/mol. The van der Waals surface area contributed by atoms with E-state index in [1.54, 1.807) is 37.3 Å². The summed E-state index contributed by atoms with van der Waals surface area (Å²) in [4.78, 5) is 22.4. The molecule has 0 aliphatic carbocycles. The minimum Gasteiger partial charge on any atom is -0.481 e. The fraction of sp³-hybridized carbons (Fsp3) is 0.385. The van der Waals surface area contributed by atoms with Crippen molar-refractivity contribution in [3.05, 3.63) is 35.9 Å². The molecule has 0 spiro atoms. The third kappa shape index (κ3) is 5.00. The van der Waals surface area contributed by atoms with Crippen LogP contribution in [0.1, 0.15) is 18.4 Å². The molecule has 1 rings (SSSR count). The van der Waals surface area contributed by atoms with Crippen molar-refractivity contribution in [3.8, 4) is 0 Å². The number of rotatable bonds is 7. The van der Waals surface area contributed by atoms with Crippen LogP contribution in [0.5, 0.6) is 0 Å². The van der Waals surface area contributed by atoms with Crippen molar-refractivity contribution < 1.29 is 27.9 Å². The zero-order valence-corrected chi connectivity index (χ0v) is 11.8. The highest BCUT2D eigenvalue weighted by Crippen LogP contribution is 2.18. The molecule has 0 saturated carbocycles. The number of ether oxygens (including phenoxy) is 1. The highest BCUT2D eigenvalue weighted by molar-refractivity contribution is 7.92. The normalized spacial score (nSPS) is 12.7. The molecule has 1 aromatic carbocycles. The van der Waals surface area contributed by atoms with E-state index >= 15 is 0 Å². The van der Waals surface area contributed by atoms with Crippen molar-refractivity contribution in [2.75, 3.05) is 18.1 Å². The molecule has 1 aromatic rings. The van der Waals surface area contributed by atoms with Gasteiger partial charge in [0.25, 0.3) is 0 Å². The van der Waals surface area contributed by atoms with Gasteiger partial charge in [-0.05, 0) is 12.5 Å². The molecule has 6 nitrogen and oxygen atoms in total. The molecule has 0 bridgehead atoms. The number of sulfone groups is 1. The number of esters is 1. The first-order chi connectivity index (χ1) is 9.35. The molecular weight excluding hydrogens is 284 g/mol. The van der Waals surface area contributed by atoms with Gasteiger partial charge in [0, 0.05) is 0 Å². The SMILES string of the molecule is CCOC(=O)CS(=O)(=O)CC(C(=O)O)c1ccccc1. The molecule has 1 unspecified atom stereocenters. The first-order valence-electron chi connectivity index (χ1n) is 5.99. The molecule has 20 heavy (non-hydrogen) atoms. The van der Waals surface area contributed by atoms with Gasteiger partial charge in [-0.1, -0.05) is 30.3 Å². The Balaban J connectivity index is 2.86. The van der Waals surface area contributed by atoms with Crippen LogP contribution in [0.3, 0.4) is 0 Å². The molecule has 110 valence electrons. The quantitative estimate of drug-likeness (QED) is 0.749. The molecule has 0 heterocycles. The summed E-state index contributed by atoms with van der Waals surface area (Å²) >= 11 is 0. The van der Waals surface area contributed by atoms with Crippen LogP contribution in [-0.2, 0) is 24.2 Å². The lowest BCUT2D eigenvalue weighted by atomic mass is 10.0. The summed E-state index contributed by atoms with van der Waals surface area (Å²) in [7, 11) is -3.85. The highest BCUT2D eigenvalue weighted by atomic mass is 32.2. The largest absolute Gasteiger partial charge is 0.481 e. The Labute approximate surface area is 117 Å². The van der Waals surface area contributed by atoms with Crippen LogP contribution >= 0.6 is 0 Å². The number of carbonyl (C=O) groups excluding carboxylic acids is 1. The molecule has 1 atom stereocenters. The standard InChI is InChI=1S/C13H16O6S/c1-2-19-12(14)9-20(17,18)8-11(13(15)16)10-6-4-3-5-7-10/h3-7,11H,2,8-9H2,1H3,(H,15,16). The van der Waals surface area contributed by atoms with Gasteiger partial charge < -0.3 is 9.84 Å². The minimum absolute atomic E-state index is 0.0788. The third-order valence-electron chi connectivity index (χ3n) is 2.56. The van der Waals surface area contributed by atoms with E-state index in [1.807, 2.05) is 0 Å². The van der Waals surface area contributed by atoms with Crippen molar-refractivity contribution in [1.29, 1.82) is 0 Å². The summed E-state index contributed by atoms with van der Waals surface area (Å²) in [6, 6.07) is 8.04. The van der Waals surface area contributed by atoms with E-state index in [9.17, 15) is 18.0 Å². The maximum absolute atomic E-state index is 11.8. The van der Waals surface area contributed by atoms with Gasteiger partial charge in [-0.15, -0.1) is 0 Å². The zero-order chi connectivity index (χ0) is 15.2. The van der Waals surface area contributed by atoms with Crippen LogP contribution < -0.4 is 0 Å². The number of carboxylic acids is 1. The number of hydrogen-bond donors (Lipinski definition) is 1. The highest BCUT2D eigenvalue weighted by Gasteiger charge is 2.28. The average Bonchev–Trinajstić information content (AvgIpc) is 2.36. The summed E-state index contributed by atoms with van der Waals surface area (Å²) in [5, 5.41) is 9.15. The van der Waals surface area contributed by atoms with Crippen LogP contribution in [0.4, 0.5) is 0 Å². The average molecular weight is 300 g/mol. The van der Waals surface area contributed by atoms with Gasteiger partial charge in [0.1, 0.15) is 5.75 Å². The molecule has 1 N–H and O–H groups in total. The van der Waals surface area contributed by atoms with Crippen molar-refractivity contribution in [2.45, 2.75) is 12.8 Å². The maximum atomic E-state index is 11.8. The second-order valence-corrected chi connectivity index (χ2v) is 6.27. The summed E-state index contributed by atoms with van der Waals surface area (Å²) in [6.45, 7) is 1.64. The summed E-state index contributed by atoms with van der Waals surface area (Å²) in [6.07, 6.45) is 0. The Hall–Kier alpha value is -1.89. The van der Waals surface area contributed by atoms with Gasteiger partial charge in [0.05, 0.1) is 18.3 Å². The van der Waals surface area contributed by atoms with Crippen molar-refractivity contribution in [2.24, 2.45) is 0 Å². The van der Waals surface area contributed by atoms with Gasteiger partial charge in [-0.3, -0.25) is 9.59 Å². The zero-order valence-electron chi connectivity index (χ0n) is 11.0. The van der Waals surface area contributed by atoms with Gasteiger partial charge in [-0.25, -0.2) is 8.42 Å². The Bertz CT molecular complexity index is 564. The summed E-state index contributed by atoms with van der Waals surface area (Å²) in [5.41, 5.74) is 0.382. The lowest BCUT2D eigenvalue weighted by Gasteiger charge is -2.12. The molecule has 0 aliphatic rings. The minimum atomic E-state index is -3.85. The molecule has 0 aliphatic heterocycles. The van der Waals surface area contributed by atoms with E-state index in [0.717, 1.165) is 0 Å². The van der Waals surface area contributed by atoms with Crippen molar-refractivity contribution in [3.63, 3.8) is 0 Å². The van der Waals surface area contributed by atoms with Crippen molar-refractivity contribution in [1.82, 2.24) is 0 Å². The lowest BCUT2D eigenvalue weighted by Crippen LogP contribution is -2.27. The lowest BCUT2D eigenvalue weighted by molar-refractivity contribution is -0.140. The van der Waals surface area contributed by atoms with Crippen LogP contribution in [0.2, 0.25) is 0 Å². The molecule has 0 saturated heterocycles. The van der Waals surface area contributed by atoms with Crippen molar-refractivity contribution >= 4 is 21.8 Å². The van der Waals surface area contributed by atoms with E-state index in [0.29, 0.717) is 5.56 Å². The molecule has 0 fully saturated rings. The Kier molecular flexibility index (Phi) is 5.69. The second kappa shape index (κ2) is 7.04. The first-order valence-corrected chi connectivity index (χ1v) is 7.81. The molecule has 0 aromatic heterocycles. The van der Waals surface area contributed by atoms with E-state index in [2.05, 4.69) is 4.74 Å². The Morgan fingerprint density at radius 1 is 1.25 bits per heavy atom. The van der Waals surface area contributed by atoms with E-state index in [1.165, 1.54) is 0 Å². The van der Waals surface area contributed by atoms with Crippen LogP contribution in [0, 0.1) is 0 Å². The summed E-state index contributed by atoms with van der Waals surface area (Å²) in [5.74, 6) is -4.76. The van der Waals surface area contributed by atoms with E-state index in [4.69, 9.17) is 5.11 Å². The number of benzene rings is 1. The number of aliphatic carboxylic acids is 1. The fourth-order valence-electron chi connectivity index (χ4n) is 1.69. The smallest absolute Gasteiger partial charge is 0.321 e. The Morgan fingerprint density at radius 3 is 2.35 bits per heavy atom. The number of carboxylic acid groups (broad SMARTS) is 1. The van der Waals surface area contributed by atoms with E-state index < -0.39 is 39.2 Å². The predicted octanol–water partition coefficient (Wildman–Crippen LogP) is 0.833. The Morgan fingerprint density at radius 2 is 1.85 bits per heavy atom. The van der Waals surface area contributed by atoms with Gasteiger partial charge in [-0.2, -0.15) is 0 Å². The topological polar surface area (TPSA) is 97.7 Å². The molecule has 0 radical (unpaired) electrons. The van der Waals surface area contributed by atoms with Gasteiger partial charge >= 0.3 is 11.9 Å². The van der Waals surface area contributed by atoms with Crippen LogP contribution in [0.15, 0.2) is 30.3 Å². The molecular formula is C13H16O6S. The fourth-order valence-corrected chi connectivity index (χ4v) is 3.09. The van der Waals surface area contributed by atoms with Gasteiger partial charge in [0.2, 0.25) is 0 Å². The monoisotopic (exact) mass is 300 g/mol. The number of carbonyl (C=O) groups is 2. The van der Waals surface area contributed by atoms with Crippen LogP contribution in [0.25, 0.3) is 0 Å². The molecule has 0 amide bonds. The second-order valence-electron chi connectivity index (χ2n) is 4.16. The maximum Gasteiger partial charge on any atom is 0.321 e. The third-order valence-corrected chi connectivity index (χ3v) is 4.08.